The Balaban J connectivity index is 1.52. The highest BCUT2D eigenvalue weighted by molar-refractivity contribution is 7.99. The fourth-order valence-corrected chi connectivity index (χ4v) is 6.92. The zero-order chi connectivity index (χ0) is 32.5. The molecule has 4 rings (SSSR count). The van der Waals surface area contributed by atoms with Crippen molar-refractivity contribution in [2.45, 2.75) is 73.1 Å². The Hall–Kier alpha value is -3.78. The summed E-state index contributed by atoms with van der Waals surface area (Å²) in [6.07, 6.45) is 12.0. The van der Waals surface area contributed by atoms with Crippen molar-refractivity contribution in [1.82, 2.24) is 0 Å². The number of nitrogens with one attached hydrogen (secondary N) is 1. The number of Topliss-reactive ketones (excluding diaryl/α,β-unsaturated/α-hetero) is 1. The average Bonchev–Trinajstić information content (AvgIpc) is 3.56. The van der Waals surface area contributed by atoms with Gasteiger partial charge in [-0.25, -0.2) is 4.99 Å². The second-order valence-corrected chi connectivity index (χ2v) is 13.0. The predicted molar refractivity (Wildman–Crippen MR) is 190 cm³/mol. The summed E-state index contributed by atoms with van der Waals surface area (Å²) in [5.74, 6) is 4.21. The molecule has 2 aromatic rings. The molecule has 2 aliphatic rings. The molecular formula is C37H47N3O4S. The highest BCUT2D eigenvalue weighted by atomic mass is 32.2. The second kappa shape index (κ2) is 16.0. The van der Waals surface area contributed by atoms with Crippen molar-refractivity contribution >= 4 is 40.4 Å². The molecule has 0 radical (unpaired) electrons. The van der Waals surface area contributed by atoms with Gasteiger partial charge in [-0.15, -0.1) is 0 Å². The van der Waals surface area contributed by atoms with Crippen LogP contribution in [0.25, 0.3) is 5.57 Å². The third-order valence-electron chi connectivity index (χ3n) is 8.64. The number of aromatic hydroxyl groups is 1. The van der Waals surface area contributed by atoms with Crippen molar-refractivity contribution in [3.05, 3.63) is 93.2 Å². The number of nitrogens with zero attached hydrogens (tertiary/aromatic N) is 2. The van der Waals surface area contributed by atoms with Crippen LogP contribution in [0.4, 0.5) is 11.6 Å². The fourth-order valence-electron chi connectivity index (χ4n) is 6.01. The van der Waals surface area contributed by atoms with Gasteiger partial charge in [-0.05, 0) is 75.0 Å². The van der Waals surface area contributed by atoms with Gasteiger partial charge in [0.1, 0.15) is 17.3 Å². The first-order chi connectivity index (χ1) is 21.6. The molecule has 2 fully saturated rings. The summed E-state index contributed by atoms with van der Waals surface area (Å²) in [6.45, 7) is 15.1. The number of aliphatic imine (C=N–C) groups is 1. The maximum absolute atomic E-state index is 12.9. The summed E-state index contributed by atoms with van der Waals surface area (Å²) in [6, 6.07) is 6.86. The minimum absolute atomic E-state index is 0.0172. The topological polar surface area (TPSA) is 95.1 Å². The van der Waals surface area contributed by atoms with E-state index in [9.17, 15) is 14.7 Å². The SMILES string of the molecule is C=C(\N=C(C)/C(=C\C)/C=C(\CC1CCCC1)C(=O)CC)Nc1ccc(/C(=C/C)c2oc(N3CCSCC3)cc(=O)c2C)cc1O. The zero-order valence-corrected chi connectivity index (χ0v) is 28.2. The lowest BCUT2D eigenvalue weighted by Crippen LogP contribution is -2.33. The third-order valence-corrected chi connectivity index (χ3v) is 9.58. The van der Waals surface area contributed by atoms with E-state index in [2.05, 4.69) is 21.8 Å². The van der Waals surface area contributed by atoms with Crippen LogP contribution < -0.4 is 15.6 Å². The normalized spacial score (nSPS) is 17.1. The number of ketones is 1. The zero-order valence-electron chi connectivity index (χ0n) is 27.4. The van der Waals surface area contributed by atoms with Crippen molar-refractivity contribution in [1.29, 1.82) is 0 Å². The van der Waals surface area contributed by atoms with Crippen molar-refractivity contribution in [2.24, 2.45) is 10.9 Å². The van der Waals surface area contributed by atoms with E-state index in [-0.39, 0.29) is 17.0 Å². The molecule has 2 heterocycles. The molecule has 1 aliphatic carbocycles. The first-order valence-electron chi connectivity index (χ1n) is 16.0. The van der Waals surface area contributed by atoms with E-state index in [1.54, 1.807) is 25.1 Å². The van der Waals surface area contributed by atoms with Gasteiger partial charge in [0.25, 0.3) is 0 Å². The first-order valence-corrected chi connectivity index (χ1v) is 17.2. The molecule has 0 bridgehead atoms. The van der Waals surface area contributed by atoms with Crippen LogP contribution in [0.1, 0.15) is 83.1 Å². The molecule has 2 N–H and O–H groups in total. The van der Waals surface area contributed by atoms with E-state index in [1.807, 2.05) is 63.8 Å². The van der Waals surface area contributed by atoms with Crippen LogP contribution in [0.3, 0.4) is 0 Å². The van der Waals surface area contributed by atoms with Gasteiger partial charge in [-0.3, -0.25) is 9.59 Å². The molecule has 0 atom stereocenters. The van der Waals surface area contributed by atoms with Gasteiger partial charge >= 0.3 is 0 Å². The van der Waals surface area contributed by atoms with Crippen LogP contribution in [-0.4, -0.2) is 41.2 Å². The predicted octanol–water partition coefficient (Wildman–Crippen LogP) is 8.43. The van der Waals surface area contributed by atoms with Crippen LogP contribution in [-0.2, 0) is 4.79 Å². The lowest BCUT2D eigenvalue weighted by atomic mass is 9.92. The van der Waals surface area contributed by atoms with Crippen LogP contribution in [0.2, 0.25) is 0 Å². The quantitative estimate of drug-likeness (QED) is 0.105. The maximum atomic E-state index is 12.9. The van der Waals surface area contributed by atoms with Gasteiger partial charge < -0.3 is 19.7 Å². The molecule has 1 aromatic carbocycles. The van der Waals surface area contributed by atoms with Crippen LogP contribution in [0.15, 0.2) is 80.2 Å². The van der Waals surface area contributed by atoms with Crippen molar-refractivity contribution in [3.8, 4) is 5.75 Å². The monoisotopic (exact) mass is 629 g/mol. The number of thioether (sulfide) groups is 1. The van der Waals surface area contributed by atoms with Crippen LogP contribution in [0, 0.1) is 12.8 Å². The van der Waals surface area contributed by atoms with Gasteiger partial charge in [-0.1, -0.05) is 57.4 Å². The highest BCUT2D eigenvalue weighted by Crippen LogP contribution is 2.34. The van der Waals surface area contributed by atoms with E-state index in [0.717, 1.165) is 59.0 Å². The van der Waals surface area contributed by atoms with E-state index in [0.29, 0.717) is 41.1 Å². The fraction of sp³-hybridized carbons (Fsp3) is 0.432. The number of allylic oxidation sites excluding steroid dienone is 5. The van der Waals surface area contributed by atoms with E-state index < -0.39 is 0 Å². The lowest BCUT2D eigenvalue weighted by molar-refractivity contribution is -0.115. The van der Waals surface area contributed by atoms with E-state index >= 15 is 0 Å². The number of phenols is 1. The Bertz CT molecular complexity index is 1590. The molecular weight excluding hydrogens is 582 g/mol. The Morgan fingerprint density at radius 2 is 1.89 bits per heavy atom. The molecule has 0 unspecified atom stereocenters. The molecule has 8 heteroatoms. The molecule has 240 valence electrons. The Morgan fingerprint density at radius 1 is 1.18 bits per heavy atom. The summed E-state index contributed by atoms with van der Waals surface area (Å²) in [4.78, 5) is 32.5. The molecule has 1 saturated heterocycles. The first kappa shape index (κ1) is 34.1. The van der Waals surface area contributed by atoms with Gasteiger partial charge in [-0.2, -0.15) is 11.8 Å². The summed E-state index contributed by atoms with van der Waals surface area (Å²) in [5.41, 5.74) is 4.83. The minimum Gasteiger partial charge on any atom is -0.506 e. The van der Waals surface area contributed by atoms with Gasteiger partial charge in [0.05, 0.1) is 5.69 Å². The number of anilines is 2. The van der Waals surface area contributed by atoms with Crippen LogP contribution >= 0.6 is 11.8 Å². The lowest BCUT2D eigenvalue weighted by Gasteiger charge is -2.27. The van der Waals surface area contributed by atoms with Crippen LogP contribution in [0.5, 0.6) is 5.75 Å². The minimum atomic E-state index is -0.0732. The Morgan fingerprint density at radius 3 is 2.51 bits per heavy atom. The number of phenolic OH excluding ortho intramolecular Hbond substituents is 1. The highest BCUT2D eigenvalue weighted by Gasteiger charge is 2.21. The van der Waals surface area contributed by atoms with Gasteiger partial charge in [0.15, 0.2) is 17.1 Å². The average molecular weight is 630 g/mol. The number of rotatable bonds is 12. The Kier molecular flexibility index (Phi) is 12.1. The molecule has 1 saturated carbocycles. The largest absolute Gasteiger partial charge is 0.506 e. The van der Waals surface area contributed by atoms with Gasteiger partial charge in [0.2, 0.25) is 0 Å². The number of hydrogen-bond donors (Lipinski definition) is 2. The number of hydrogen-bond acceptors (Lipinski definition) is 8. The van der Waals surface area contributed by atoms with Crippen molar-refractivity contribution in [2.75, 3.05) is 34.8 Å². The smallest absolute Gasteiger partial charge is 0.200 e. The molecule has 0 spiro atoms. The molecule has 1 aliphatic heterocycles. The molecule has 0 amide bonds. The number of carbonyl (C=O) groups excluding carboxylic acids is 1. The number of benzene rings is 1. The molecule has 45 heavy (non-hydrogen) atoms. The van der Waals surface area contributed by atoms with E-state index in [1.165, 1.54) is 25.7 Å². The summed E-state index contributed by atoms with van der Waals surface area (Å²) >= 11 is 1.90. The van der Waals surface area contributed by atoms with E-state index in [4.69, 9.17) is 4.42 Å². The molecule has 7 nitrogen and oxygen atoms in total. The van der Waals surface area contributed by atoms with Crippen molar-refractivity contribution in [3.63, 3.8) is 0 Å². The maximum Gasteiger partial charge on any atom is 0.200 e. The summed E-state index contributed by atoms with van der Waals surface area (Å²) < 4.78 is 6.32. The Labute approximate surface area is 271 Å². The number of carbonyl (C=O) groups is 1. The second-order valence-electron chi connectivity index (χ2n) is 11.8. The third kappa shape index (κ3) is 8.69. The standard InChI is InChI=1S/C37H47N3O4S/c1-7-28(21-30(33(41)9-3)20-27-12-10-11-13-27)25(5)38-26(6)39-32-15-14-29(22-35(32)43)31(8-2)37-24(4)34(42)23-36(44-37)40-16-18-45-19-17-40/h7-8,14-15,21-23,27,39,43H,6,9-13,16-20H2,1-5H3/b28-7-,30-21+,31-8-,38-25-. The summed E-state index contributed by atoms with van der Waals surface area (Å²) in [7, 11) is 0. The summed E-state index contributed by atoms with van der Waals surface area (Å²) in [5, 5.41) is 14.1. The van der Waals surface area contributed by atoms with Crippen molar-refractivity contribution < 1.29 is 14.3 Å². The molecule has 1 aromatic heterocycles. The van der Waals surface area contributed by atoms with Gasteiger partial charge in [0, 0.05) is 53.9 Å².